The second kappa shape index (κ2) is 7.10. The molecule has 0 aromatic heterocycles. The van der Waals surface area contributed by atoms with Crippen molar-refractivity contribution in [2.75, 3.05) is 45.9 Å². The third-order valence-corrected chi connectivity index (χ3v) is 3.97. The van der Waals surface area contributed by atoms with E-state index in [-0.39, 0.29) is 0 Å². The first-order valence-corrected chi connectivity index (χ1v) is 7.37. The van der Waals surface area contributed by atoms with Gasteiger partial charge in [-0.25, -0.2) is 0 Å². The summed E-state index contributed by atoms with van der Waals surface area (Å²) >= 11 is 0. The predicted molar refractivity (Wildman–Crippen MR) is 71.5 cm³/mol. The van der Waals surface area contributed by atoms with Crippen LogP contribution in [0.25, 0.3) is 0 Å². The van der Waals surface area contributed by atoms with Crippen molar-refractivity contribution in [2.45, 2.75) is 32.6 Å². The summed E-state index contributed by atoms with van der Waals surface area (Å²) in [7, 11) is 0. The molecule has 2 saturated heterocycles. The Hall–Kier alpha value is -0.610. The van der Waals surface area contributed by atoms with Crippen molar-refractivity contribution in [3.63, 3.8) is 0 Å². The van der Waals surface area contributed by atoms with Crippen LogP contribution in [0, 0.1) is 5.92 Å². The lowest BCUT2D eigenvalue weighted by atomic mass is 10.0. The summed E-state index contributed by atoms with van der Waals surface area (Å²) in [5.74, 6) is 0.802. The molecule has 0 N–H and O–H groups in total. The lowest BCUT2D eigenvalue weighted by Crippen LogP contribution is -2.36. The zero-order valence-electron chi connectivity index (χ0n) is 11.6. The first kappa shape index (κ1) is 13.8. The average molecular weight is 254 g/mol. The van der Waals surface area contributed by atoms with Gasteiger partial charge in [-0.2, -0.15) is 0 Å². The van der Waals surface area contributed by atoms with Crippen LogP contribution in [-0.4, -0.2) is 61.6 Å². The number of hydrogen-bond donors (Lipinski definition) is 0. The average Bonchev–Trinajstić information content (AvgIpc) is 2.74. The highest BCUT2D eigenvalue weighted by atomic mass is 16.5. The number of carbonyl (C=O) groups excluding carboxylic acids is 1. The minimum atomic E-state index is 0.337. The monoisotopic (exact) mass is 254 g/mol. The van der Waals surface area contributed by atoms with Gasteiger partial charge < -0.3 is 14.5 Å². The molecule has 0 bridgehead atoms. The van der Waals surface area contributed by atoms with E-state index in [2.05, 4.69) is 16.7 Å². The molecule has 0 aliphatic carbocycles. The summed E-state index contributed by atoms with van der Waals surface area (Å²) in [5.41, 5.74) is 0. The molecule has 2 fully saturated rings. The molecule has 1 atom stereocenters. The highest BCUT2D eigenvalue weighted by molar-refractivity contribution is 5.76. The highest BCUT2D eigenvalue weighted by Gasteiger charge is 2.24. The van der Waals surface area contributed by atoms with Gasteiger partial charge in [-0.15, -0.1) is 0 Å². The van der Waals surface area contributed by atoms with Crippen molar-refractivity contribution in [1.29, 1.82) is 0 Å². The zero-order chi connectivity index (χ0) is 12.8. The van der Waals surface area contributed by atoms with Gasteiger partial charge in [0.25, 0.3) is 0 Å². The van der Waals surface area contributed by atoms with Crippen LogP contribution in [0.15, 0.2) is 0 Å². The second-order valence-electron chi connectivity index (χ2n) is 5.51. The van der Waals surface area contributed by atoms with Crippen LogP contribution in [0.5, 0.6) is 0 Å². The molecule has 2 aliphatic heterocycles. The molecule has 4 nitrogen and oxygen atoms in total. The Bertz CT molecular complexity index is 265. The van der Waals surface area contributed by atoms with Gasteiger partial charge in [-0.1, -0.05) is 6.92 Å². The van der Waals surface area contributed by atoms with Crippen LogP contribution in [-0.2, 0) is 9.53 Å². The molecule has 2 aliphatic rings. The van der Waals surface area contributed by atoms with Crippen molar-refractivity contribution < 1.29 is 9.53 Å². The summed E-state index contributed by atoms with van der Waals surface area (Å²) in [6.07, 6.45) is 4.07. The third-order valence-electron chi connectivity index (χ3n) is 3.97. The molecule has 0 spiro atoms. The van der Waals surface area contributed by atoms with Crippen LogP contribution in [0.2, 0.25) is 0 Å². The quantitative estimate of drug-likeness (QED) is 0.759. The molecule has 2 heterocycles. The predicted octanol–water partition coefficient (Wildman–Crippen LogP) is 1.36. The van der Waals surface area contributed by atoms with Gasteiger partial charge in [0.15, 0.2) is 0 Å². The number of carbonyl (C=O) groups is 1. The van der Waals surface area contributed by atoms with E-state index in [1.54, 1.807) is 0 Å². The van der Waals surface area contributed by atoms with Crippen molar-refractivity contribution in [2.24, 2.45) is 5.92 Å². The number of amides is 1. The SMILES string of the molecule is CCCN1CCCN(C(=O)C[C@H]2CCOC2)CC1. The topological polar surface area (TPSA) is 32.8 Å². The highest BCUT2D eigenvalue weighted by Crippen LogP contribution is 2.18. The fourth-order valence-electron chi connectivity index (χ4n) is 2.88. The van der Waals surface area contributed by atoms with E-state index in [4.69, 9.17) is 4.74 Å². The van der Waals surface area contributed by atoms with E-state index < -0.39 is 0 Å². The van der Waals surface area contributed by atoms with Gasteiger partial charge in [-0.3, -0.25) is 4.79 Å². The molecular formula is C14H26N2O2. The van der Waals surface area contributed by atoms with Crippen LogP contribution >= 0.6 is 0 Å². The van der Waals surface area contributed by atoms with Crippen molar-refractivity contribution in [1.82, 2.24) is 9.80 Å². The Morgan fingerprint density at radius 1 is 1.28 bits per heavy atom. The van der Waals surface area contributed by atoms with E-state index in [0.29, 0.717) is 18.2 Å². The molecule has 4 heteroatoms. The van der Waals surface area contributed by atoms with Crippen LogP contribution in [0.1, 0.15) is 32.6 Å². The standard InChI is InChI=1S/C14H26N2O2/c1-2-5-15-6-3-7-16(9-8-15)14(17)11-13-4-10-18-12-13/h13H,2-12H2,1H3/t13-/m1/s1. The normalized spacial score (nSPS) is 26.3. The second-order valence-corrected chi connectivity index (χ2v) is 5.51. The molecule has 2 rings (SSSR count). The van der Waals surface area contributed by atoms with Gasteiger partial charge in [0.2, 0.25) is 5.91 Å². The van der Waals surface area contributed by atoms with E-state index in [9.17, 15) is 4.79 Å². The summed E-state index contributed by atoms with van der Waals surface area (Å²) < 4.78 is 5.34. The van der Waals surface area contributed by atoms with Gasteiger partial charge in [0.05, 0.1) is 0 Å². The molecule has 0 aromatic rings. The fraction of sp³-hybridized carbons (Fsp3) is 0.929. The largest absolute Gasteiger partial charge is 0.381 e. The zero-order valence-corrected chi connectivity index (χ0v) is 11.6. The summed E-state index contributed by atoms with van der Waals surface area (Å²) in [4.78, 5) is 16.8. The Kier molecular flexibility index (Phi) is 5.45. The maximum atomic E-state index is 12.2. The summed E-state index contributed by atoms with van der Waals surface area (Å²) in [6.45, 7) is 9.03. The Morgan fingerprint density at radius 3 is 2.89 bits per heavy atom. The Morgan fingerprint density at radius 2 is 2.17 bits per heavy atom. The summed E-state index contributed by atoms with van der Waals surface area (Å²) in [5, 5.41) is 0. The smallest absolute Gasteiger partial charge is 0.222 e. The Balaban J connectivity index is 1.76. The molecule has 0 saturated carbocycles. The first-order valence-electron chi connectivity index (χ1n) is 7.37. The van der Waals surface area contributed by atoms with E-state index in [0.717, 1.165) is 52.2 Å². The first-order chi connectivity index (χ1) is 8.79. The minimum absolute atomic E-state index is 0.337. The number of ether oxygens (including phenoxy) is 1. The van der Waals surface area contributed by atoms with Crippen molar-refractivity contribution in [3.05, 3.63) is 0 Å². The number of rotatable bonds is 4. The van der Waals surface area contributed by atoms with Gasteiger partial charge in [0, 0.05) is 39.3 Å². The van der Waals surface area contributed by atoms with E-state index in [1.165, 1.54) is 13.0 Å². The molecular weight excluding hydrogens is 228 g/mol. The minimum Gasteiger partial charge on any atom is -0.381 e. The maximum Gasteiger partial charge on any atom is 0.222 e. The van der Waals surface area contributed by atoms with Crippen molar-refractivity contribution in [3.8, 4) is 0 Å². The van der Waals surface area contributed by atoms with Gasteiger partial charge in [-0.05, 0) is 38.3 Å². The summed E-state index contributed by atoms with van der Waals surface area (Å²) in [6, 6.07) is 0. The molecule has 104 valence electrons. The van der Waals surface area contributed by atoms with Crippen LogP contribution < -0.4 is 0 Å². The number of hydrogen-bond acceptors (Lipinski definition) is 3. The fourth-order valence-corrected chi connectivity index (χ4v) is 2.88. The molecule has 0 unspecified atom stereocenters. The lowest BCUT2D eigenvalue weighted by molar-refractivity contribution is -0.132. The lowest BCUT2D eigenvalue weighted by Gasteiger charge is -2.22. The Labute approximate surface area is 110 Å². The molecule has 0 radical (unpaired) electrons. The van der Waals surface area contributed by atoms with Gasteiger partial charge >= 0.3 is 0 Å². The third kappa shape index (κ3) is 3.95. The van der Waals surface area contributed by atoms with Gasteiger partial charge in [0.1, 0.15) is 0 Å². The van der Waals surface area contributed by atoms with E-state index in [1.807, 2.05) is 0 Å². The molecule has 0 aromatic carbocycles. The van der Waals surface area contributed by atoms with E-state index >= 15 is 0 Å². The number of nitrogens with zero attached hydrogens (tertiary/aromatic N) is 2. The molecule has 18 heavy (non-hydrogen) atoms. The molecule has 1 amide bonds. The van der Waals surface area contributed by atoms with Crippen LogP contribution in [0.4, 0.5) is 0 Å². The van der Waals surface area contributed by atoms with Crippen LogP contribution in [0.3, 0.4) is 0 Å². The maximum absolute atomic E-state index is 12.2. The van der Waals surface area contributed by atoms with Crippen molar-refractivity contribution >= 4 is 5.91 Å².